The Morgan fingerprint density at radius 1 is 0.969 bits per heavy atom. The van der Waals surface area contributed by atoms with E-state index in [1.54, 1.807) is 19.5 Å². The zero-order chi connectivity index (χ0) is 22.9. The minimum atomic E-state index is -0.228. The van der Waals surface area contributed by atoms with E-state index in [0.717, 1.165) is 37.7 Å². The molecule has 1 aromatic heterocycles. The molecule has 6 heteroatoms. The monoisotopic (exact) mass is 435 g/mol. The van der Waals surface area contributed by atoms with Gasteiger partial charge < -0.3 is 9.64 Å². The molecule has 3 rings (SSSR count). The van der Waals surface area contributed by atoms with Crippen LogP contribution in [0.3, 0.4) is 0 Å². The van der Waals surface area contributed by atoms with Crippen LogP contribution in [0.4, 0.5) is 0 Å². The number of unbranched alkanes of at least 4 members (excludes halogenated alkanes) is 3. The third-order valence-corrected chi connectivity index (χ3v) is 5.87. The standard InChI is InChI=1S/C26H33N3O3/c1-4-6-7-10-18-29-25(30)23(21-11-8-9-12-22(21)32-3)24(26(29)31)28(5-2)19-15-20-13-16-27-17-14-20/h8-9,11-14,16-17H,4-7,10,15,18-19H2,1-3H3. The van der Waals surface area contributed by atoms with Crippen LogP contribution in [0.15, 0.2) is 54.5 Å². The van der Waals surface area contributed by atoms with Crippen LogP contribution >= 0.6 is 0 Å². The first kappa shape index (κ1) is 23.5. The van der Waals surface area contributed by atoms with Crippen molar-refractivity contribution in [1.82, 2.24) is 14.8 Å². The summed E-state index contributed by atoms with van der Waals surface area (Å²) in [4.78, 5) is 34.6. The van der Waals surface area contributed by atoms with E-state index in [2.05, 4.69) is 11.9 Å². The summed E-state index contributed by atoms with van der Waals surface area (Å²) in [6, 6.07) is 11.4. The third-order valence-electron chi connectivity index (χ3n) is 5.87. The highest BCUT2D eigenvalue weighted by Gasteiger charge is 2.41. The number of carbonyl (C=O) groups is 2. The number of rotatable bonds is 12. The van der Waals surface area contributed by atoms with Gasteiger partial charge in [-0.1, -0.05) is 44.4 Å². The Morgan fingerprint density at radius 2 is 1.72 bits per heavy atom. The molecule has 0 N–H and O–H groups in total. The van der Waals surface area contributed by atoms with Gasteiger partial charge in [0.15, 0.2) is 0 Å². The molecule has 0 spiro atoms. The number of para-hydroxylation sites is 1. The van der Waals surface area contributed by atoms with Gasteiger partial charge in [-0.15, -0.1) is 0 Å². The Balaban J connectivity index is 1.95. The molecule has 6 nitrogen and oxygen atoms in total. The fourth-order valence-electron chi connectivity index (χ4n) is 4.09. The van der Waals surface area contributed by atoms with Crippen LogP contribution in [0.1, 0.15) is 50.7 Å². The van der Waals surface area contributed by atoms with E-state index < -0.39 is 0 Å². The molecule has 0 aliphatic carbocycles. The lowest BCUT2D eigenvalue weighted by molar-refractivity contribution is -0.137. The van der Waals surface area contributed by atoms with E-state index in [1.165, 1.54) is 4.90 Å². The second-order valence-electron chi connectivity index (χ2n) is 7.93. The Hall–Kier alpha value is -3.15. The van der Waals surface area contributed by atoms with E-state index in [4.69, 9.17) is 4.74 Å². The average Bonchev–Trinajstić information content (AvgIpc) is 3.07. The summed E-state index contributed by atoms with van der Waals surface area (Å²) >= 11 is 0. The fourth-order valence-corrected chi connectivity index (χ4v) is 4.09. The van der Waals surface area contributed by atoms with Gasteiger partial charge in [0, 0.05) is 37.6 Å². The summed E-state index contributed by atoms with van der Waals surface area (Å²) in [6.07, 6.45) is 8.34. The van der Waals surface area contributed by atoms with Crippen LogP contribution in [-0.4, -0.2) is 53.3 Å². The van der Waals surface area contributed by atoms with Gasteiger partial charge >= 0.3 is 0 Å². The quantitative estimate of drug-likeness (QED) is 0.367. The number of imide groups is 1. The maximum Gasteiger partial charge on any atom is 0.277 e. The zero-order valence-corrected chi connectivity index (χ0v) is 19.3. The molecule has 2 aromatic rings. The minimum Gasteiger partial charge on any atom is -0.496 e. The number of carbonyl (C=O) groups excluding carboxylic acids is 2. The molecule has 32 heavy (non-hydrogen) atoms. The smallest absolute Gasteiger partial charge is 0.277 e. The largest absolute Gasteiger partial charge is 0.496 e. The van der Waals surface area contributed by atoms with E-state index in [-0.39, 0.29) is 11.8 Å². The second-order valence-corrected chi connectivity index (χ2v) is 7.93. The van der Waals surface area contributed by atoms with E-state index in [1.807, 2.05) is 48.2 Å². The van der Waals surface area contributed by atoms with Crippen molar-refractivity contribution in [3.63, 3.8) is 0 Å². The van der Waals surface area contributed by atoms with E-state index in [9.17, 15) is 9.59 Å². The summed E-state index contributed by atoms with van der Waals surface area (Å²) in [7, 11) is 1.59. The SMILES string of the molecule is CCCCCCN1C(=O)C(c2ccccc2OC)=C(N(CC)CCc2ccncc2)C1=O. The number of nitrogens with zero attached hydrogens (tertiary/aromatic N) is 3. The number of hydrogen-bond donors (Lipinski definition) is 0. The first-order chi connectivity index (χ1) is 15.6. The third kappa shape index (κ3) is 5.18. The van der Waals surface area contributed by atoms with Gasteiger partial charge in [0.1, 0.15) is 11.4 Å². The molecule has 1 aromatic carbocycles. The van der Waals surface area contributed by atoms with Gasteiger partial charge in [0.05, 0.1) is 12.7 Å². The lowest BCUT2D eigenvalue weighted by Crippen LogP contribution is -2.36. The molecule has 170 valence electrons. The second kappa shape index (κ2) is 11.5. The van der Waals surface area contributed by atoms with E-state index in [0.29, 0.717) is 42.2 Å². The number of likely N-dealkylation sites (N-methyl/N-ethyl adjacent to an activating group) is 1. The minimum absolute atomic E-state index is 0.205. The van der Waals surface area contributed by atoms with Crippen molar-refractivity contribution in [2.75, 3.05) is 26.7 Å². The van der Waals surface area contributed by atoms with Crippen LogP contribution in [0.25, 0.3) is 5.57 Å². The van der Waals surface area contributed by atoms with Gasteiger partial charge in [0.25, 0.3) is 11.8 Å². The Bertz CT molecular complexity index is 956. The van der Waals surface area contributed by atoms with Crippen molar-refractivity contribution in [3.8, 4) is 5.75 Å². The van der Waals surface area contributed by atoms with Gasteiger partial charge in [-0.2, -0.15) is 0 Å². The normalized spacial score (nSPS) is 13.8. The zero-order valence-electron chi connectivity index (χ0n) is 19.3. The highest BCUT2D eigenvalue weighted by molar-refractivity contribution is 6.36. The summed E-state index contributed by atoms with van der Waals surface area (Å²) in [6.45, 7) is 5.87. The van der Waals surface area contributed by atoms with Crippen molar-refractivity contribution in [2.45, 2.75) is 46.0 Å². The van der Waals surface area contributed by atoms with Crippen LogP contribution in [0, 0.1) is 0 Å². The number of pyridine rings is 1. The lowest BCUT2D eigenvalue weighted by Gasteiger charge is -2.25. The van der Waals surface area contributed by atoms with Crippen molar-refractivity contribution < 1.29 is 14.3 Å². The van der Waals surface area contributed by atoms with Gasteiger partial charge in [-0.05, 0) is 43.5 Å². The highest BCUT2D eigenvalue weighted by atomic mass is 16.5. The molecular formula is C26H33N3O3. The lowest BCUT2D eigenvalue weighted by atomic mass is 10.0. The summed E-state index contributed by atoms with van der Waals surface area (Å²) in [5.74, 6) is 0.163. The molecule has 0 radical (unpaired) electrons. The number of aromatic nitrogens is 1. The first-order valence-electron chi connectivity index (χ1n) is 11.5. The maximum absolute atomic E-state index is 13.5. The van der Waals surface area contributed by atoms with Gasteiger partial charge in [-0.3, -0.25) is 19.5 Å². The van der Waals surface area contributed by atoms with Crippen LogP contribution in [0.2, 0.25) is 0 Å². The maximum atomic E-state index is 13.5. The first-order valence-corrected chi connectivity index (χ1v) is 11.5. The van der Waals surface area contributed by atoms with Gasteiger partial charge in [0.2, 0.25) is 0 Å². The summed E-state index contributed by atoms with van der Waals surface area (Å²) in [5, 5.41) is 0. The van der Waals surface area contributed by atoms with Gasteiger partial charge in [-0.25, -0.2) is 0 Å². The van der Waals surface area contributed by atoms with Crippen molar-refractivity contribution in [2.24, 2.45) is 0 Å². The van der Waals surface area contributed by atoms with Crippen LogP contribution in [-0.2, 0) is 16.0 Å². The molecule has 0 atom stereocenters. The number of benzene rings is 1. The van der Waals surface area contributed by atoms with Crippen molar-refractivity contribution in [1.29, 1.82) is 0 Å². The van der Waals surface area contributed by atoms with Crippen molar-refractivity contribution >= 4 is 17.4 Å². The molecule has 0 fully saturated rings. The molecule has 0 saturated heterocycles. The van der Waals surface area contributed by atoms with Crippen LogP contribution in [0.5, 0.6) is 5.75 Å². The summed E-state index contributed by atoms with van der Waals surface area (Å²) in [5.41, 5.74) is 2.74. The Kier molecular flexibility index (Phi) is 8.42. The Morgan fingerprint density at radius 3 is 2.41 bits per heavy atom. The topological polar surface area (TPSA) is 62.7 Å². The molecule has 2 amide bonds. The highest BCUT2D eigenvalue weighted by Crippen LogP contribution is 2.36. The summed E-state index contributed by atoms with van der Waals surface area (Å²) < 4.78 is 5.54. The molecular weight excluding hydrogens is 402 g/mol. The molecule has 0 unspecified atom stereocenters. The fraction of sp³-hybridized carbons (Fsp3) is 0.423. The molecule has 2 heterocycles. The average molecular weight is 436 g/mol. The predicted octanol–water partition coefficient (Wildman–Crippen LogP) is 4.32. The molecule has 1 aliphatic rings. The van der Waals surface area contributed by atoms with Crippen molar-refractivity contribution in [3.05, 3.63) is 65.6 Å². The molecule has 1 aliphatic heterocycles. The molecule has 0 bridgehead atoms. The molecule has 0 saturated carbocycles. The number of amides is 2. The van der Waals surface area contributed by atoms with Crippen LogP contribution < -0.4 is 4.74 Å². The predicted molar refractivity (Wildman–Crippen MR) is 126 cm³/mol. The number of ether oxygens (including phenoxy) is 1. The number of methoxy groups -OCH3 is 1. The Labute approximate surface area is 190 Å². The van der Waals surface area contributed by atoms with E-state index >= 15 is 0 Å². The number of hydrogen-bond acceptors (Lipinski definition) is 5.